The zero-order valence-electron chi connectivity index (χ0n) is 16.8. The number of rotatable bonds is 6. The number of anilines is 1. The number of hydrogen-bond donors (Lipinski definition) is 1. The molecule has 0 saturated carbocycles. The number of hydrogen-bond acceptors (Lipinski definition) is 5. The van der Waals surface area contributed by atoms with Crippen LogP contribution in [0.3, 0.4) is 0 Å². The van der Waals surface area contributed by atoms with E-state index in [1.807, 2.05) is 38.1 Å². The summed E-state index contributed by atoms with van der Waals surface area (Å²) in [5.41, 5.74) is 2.48. The molecule has 0 bridgehead atoms. The normalized spacial score (nSPS) is 15.8. The lowest BCUT2D eigenvalue weighted by atomic mass is 9.88. The zero-order chi connectivity index (χ0) is 20.3. The maximum Gasteiger partial charge on any atom is 0.341 e. The topological polar surface area (TPSA) is 64.6 Å². The van der Waals surface area contributed by atoms with E-state index in [-0.39, 0.29) is 24.4 Å². The number of fused-ring (bicyclic) bond motifs is 1. The average molecular weight is 402 g/mol. The standard InChI is InChI=1S/C22H27NO4S/c1-13(2)27-22(25)20-17-10-5-14(3)11-18(17)28-21(20)23-19(24)12-15-6-8-16(26-4)9-7-15/h6-9,13-14H,5,10-12H2,1-4H3,(H,23,24). The van der Waals surface area contributed by atoms with Gasteiger partial charge in [0.1, 0.15) is 10.8 Å². The van der Waals surface area contributed by atoms with E-state index >= 15 is 0 Å². The first-order valence-electron chi connectivity index (χ1n) is 9.65. The Morgan fingerprint density at radius 2 is 1.96 bits per heavy atom. The fourth-order valence-electron chi connectivity index (χ4n) is 3.43. The number of benzene rings is 1. The second-order valence-electron chi connectivity index (χ2n) is 7.58. The van der Waals surface area contributed by atoms with Crippen LogP contribution in [0.25, 0.3) is 0 Å². The number of carbonyl (C=O) groups is 2. The van der Waals surface area contributed by atoms with E-state index in [0.717, 1.165) is 36.1 Å². The maximum atomic E-state index is 12.7. The van der Waals surface area contributed by atoms with Crippen LogP contribution in [0.15, 0.2) is 24.3 Å². The van der Waals surface area contributed by atoms with Crippen LogP contribution in [0.5, 0.6) is 5.75 Å². The van der Waals surface area contributed by atoms with Crippen molar-refractivity contribution >= 4 is 28.2 Å². The van der Waals surface area contributed by atoms with Gasteiger partial charge in [-0.3, -0.25) is 4.79 Å². The number of ether oxygens (including phenoxy) is 2. The lowest BCUT2D eigenvalue weighted by Gasteiger charge is -2.18. The van der Waals surface area contributed by atoms with Crippen molar-refractivity contribution in [2.45, 2.75) is 52.6 Å². The summed E-state index contributed by atoms with van der Waals surface area (Å²) in [6.07, 6.45) is 2.88. The molecule has 1 amide bonds. The minimum absolute atomic E-state index is 0.143. The third-order valence-electron chi connectivity index (χ3n) is 4.84. The largest absolute Gasteiger partial charge is 0.497 e. The smallest absolute Gasteiger partial charge is 0.341 e. The molecule has 1 N–H and O–H groups in total. The van der Waals surface area contributed by atoms with Crippen molar-refractivity contribution < 1.29 is 19.1 Å². The molecule has 1 aliphatic carbocycles. The molecule has 1 unspecified atom stereocenters. The summed E-state index contributed by atoms with van der Waals surface area (Å²) in [4.78, 5) is 26.5. The highest BCUT2D eigenvalue weighted by atomic mass is 32.1. The van der Waals surface area contributed by atoms with Gasteiger partial charge in [-0.2, -0.15) is 0 Å². The zero-order valence-corrected chi connectivity index (χ0v) is 17.7. The van der Waals surface area contributed by atoms with Gasteiger partial charge in [0.15, 0.2) is 0 Å². The third kappa shape index (κ3) is 4.73. The van der Waals surface area contributed by atoms with Crippen LogP contribution in [0.1, 0.15) is 53.6 Å². The third-order valence-corrected chi connectivity index (χ3v) is 6.01. The van der Waals surface area contributed by atoms with Crippen molar-refractivity contribution in [3.63, 3.8) is 0 Å². The van der Waals surface area contributed by atoms with Crippen molar-refractivity contribution in [3.8, 4) is 5.75 Å². The van der Waals surface area contributed by atoms with E-state index in [1.54, 1.807) is 7.11 Å². The molecular weight excluding hydrogens is 374 g/mol. The van der Waals surface area contributed by atoms with Crippen LogP contribution >= 0.6 is 11.3 Å². The van der Waals surface area contributed by atoms with Gasteiger partial charge in [0.25, 0.3) is 0 Å². The van der Waals surface area contributed by atoms with E-state index in [4.69, 9.17) is 9.47 Å². The second kappa shape index (κ2) is 8.78. The summed E-state index contributed by atoms with van der Waals surface area (Å²) in [6, 6.07) is 7.40. The van der Waals surface area contributed by atoms with E-state index in [1.165, 1.54) is 16.2 Å². The second-order valence-corrected chi connectivity index (χ2v) is 8.69. The van der Waals surface area contributed by atoms with Crippen molar-refractivity contribution in [3.05, 3.63) is 45.8 Å². The molecule has 0 fully saturated rings. The van der Waals surface area contributed by atoms with Gasteiger partial charge in [0, 0.05) is 4.88 Å². The molecule has 1 aromatic carbocycles. The van der Waals surface area contributed by atoms with E-state index < -0.39 is 0 Å². The molecule has 150 valence electrons. The molecule has 6 heteroatoms. The first-order chi connectivity index (χ1) is 13.4. The number of carbonyl (C=O) groups excluding carboxylic acids is 2. The first kappa shape index (κ1) is 20.4. The number of amides is 1. The molecule has 28 heavy (non-hydrogen) atoms. The quantitative estimate of drug-likeness (QED) is 0.717. The van der Waals surface area contributed by atoms with Gasteiger partial charge in [-0.25, -0.2) is 4.79 Å². The van der Waals surface area contributed by atoms with Crippen molar-refractivity contribution in [2.75, 3.05) is 12.4 Å². The summed E-state index contributed by atoms with van der Waals surface area (Å²) in [5.74, 6) is 0.850. The van der Waals surface area contributed by atoms with Gasteiger partial charge in [-0.05, 0) is 62.3 Å². The number of esters is 1. The first-order valence-corrected chi connectivity index (χ1v) is 10.5. The molecule has 1 heterocycles. The molecule has 2 aromatic rings. The highest BCUT2D eigenvalue weighted by Crippen LogP contribution is 2.40. The van der Waals surface area contributed by atoms with Crippen molar-refractivity contribution in [1.29, 1.82) is 0 Å². The van der Waals surface area contributed by atoms with Crippen LogP contribution in [-0.2, 0) is 28.8 Å². The monoisotopic (exact) mass is 401 g/mol. The minimum atomic E-state index is -0.346. The SMILES string of the molecule is COc1ccc(CC(=O)Nc2sc3c(c2C(=O)OC(C)C)CCC(C)C3)cc1. The van der Waals surface area contributed by atoms with Crippen LogP contribution in [0, 0.1) is 5.92 Å². The minimum Gasteiger partial charge on any atom is -0.497 e. The molecule has 5 nitrogen and oxygen atoms in total. The van der Waals surface area contributed by atoms with E-state index in [9.17, 15) is 9.59 Å². The predicted molar refractivity (Wildman–Crippen MR) is 111 cm³/mol. The number of methoxy groups -OCH3 is 1. The number of nitrogens with one attached hydrogen (secondary N) is 1. The van der Waals surface area contributed by atoms with E-state index in [2.05, 4.69) is 12.2 Å². The molecule has 0 aliphatic heterocycles. The van der Waals surface area contributed by atoms with Crippen LogP contribution in [-0.4, -0.2) is 25.1 Å². The van der Waals surface area contributed by atoms with Crippen LogP contribution < -0.4 is 10.1 Å². The Bertz CT molecular complexity index is 854. The molecule has 1 atom stereocenters. The Labute approximate surface area is 170 Å². The van der Waals surface area contributed by atoms with Gasteiger partial charge in [0.05, 0.1) is 25.2 Å². The van der Waals surface area contributed by atoms with E-state index in [0.29, 0.717) is 16.5 Å². The van der Waals surface area contributed by atoms with Gasteiger partial charge in [-0.1, -0.05) is 19.1 Å². The maximum absolute atomic E-state index is 12.7. The highest BCUT2D eigenvalue weighted by molar-refractivity contribution is 7.17. The van der Waals surface area contributed by atoms with Gasteiger partial charge >= 0.3 is 5.97 Å². The predicted octanol–water partition coefficient (Wildman–Crippen LogP) is 4.63. The Morgan fingerprint density at radius 1 is 1.25 bits per heavy atom. The van der Waals surface area contributed by atoms with Crippen LogP contribution in [0.4, 0.5) is 5.00 Å². The summed E-state index contributed by atoms with van der Waals surface area (Å²) in [5, 5.41) is 3.58. The lowest BCUT2D eigenvalue weighted by Crippen LogP contribution is -2.19. The number of thiophene rings is 1. The highest BCUT2D eigenvalue weighted by Gasteiger charge is 2.29. The average Bonchev–Trinajstić information content (AvgIpc) is 2.98. The molecular formula is C22H27NO4S. The fraction of sp³-hybridized carbons (Fsp3) is 0.455. The summed E-state index contributed by atoms with van der Waals surface area (Å²) in [6.45, 7) is 5.89. The fourth-order valence-corrected chi connectivity index (χ4v) is 4.84. The Kier molecular flexibility index (Phi) is 6.39. The summed E-state index contributed by atoms with van der Waals surface area (Å²) >= 11 is 1.51. The Morgan fingerprint density at radius 3 is 2.61 bits per heavy atom. The van der Waals surface area contributed by atoms with Crippen LogP contribution in [0.2, 0.25) is 0 Å². The molecule has 0 radical (unpaired) electrons. The lowest BCUT2D eigenvalue weighted by molar-refractivity contribution is -0.115. The van der Waals surface area contributed by atoms with Gasteiger partial charge < -0.3 is 14.8 Å². The molecule has 0 saturated heterocycles. The Hall–Kier alpha value is -2.34. The molecule has 1 aliphatic rings. The van der Waals surface area contributed by atoms with Gasteiger partial charge in [-0.15, -0.1) is 11.3 Å². The Balaban J connectivity index is 1.81. The summed E-state index contributed by atoms with van der Waals surface area (Å²) < 4.78 is 10.6. The van der Waals surface area contributed by atoms with Crippen molar-refractivity contribution in [1.82, 2.24) is 0 Å². The molecule has 0 spiro atoms. The summed E-state index contributed by atoms with van der Waals surface area (Å²) in [7, 11) is 1.61. The van der Waals surface area contributed by atoms with Gasteiger partial charge in [0.2, 0.25) is 5.91 Å². The molecule has 3 rings (SSSR count). The molecule has 1 aromatic heterocycles. The van der Waals surface area contributed by atoms with Crippen molar-refractivity contribution in [2.24, 2.45) is 5.92 Å².